The van der Waals surface area contributed by atoms with Crippen molar-refractivity contribution < 1.29 is 35.1 Å². The molecule has 0 aliphatic carbocycles. The molecule has 7 N–H and O–H groups in total. The predicted octanol–water partition coefficient (Wildman–Crippen LogP) is -1.51. The van der Waals surface area contributed by atoms with Crippen molar-refractivity contribution in [3.8, 4) is 0 Å². The summed E-state index contributed by atoms with van der Waals surface area (Å²) in [6.07, 6.45) is -1.17. The van der Waals surface area contributed by atoms with E-state index in [4.69, 9.17) is 15.6 Å². The molecule has 9 heteroatoms. The zero-order chi connectivity index (χ0) is 17.6. The maximum Gasteiger partial charge on any atom is 0.321 e. The molecule has 0 aromatic carbocycles. The lowest BCUT2D eigenvalue weighted by Crippen LogP contribution is -2.80. The Kier molecular flexibility index (Phi) is 5.26. The molecule has 1 heterocycles. The number of hydrogen-bond acceptors (Lipinski definition) is 8. The van der Waals surface area contributed by atoms with E-state index < -0.39 is 46.5 Å². The van der Waals surface area contributed by atoms with Crippen LogP contribution >= 0.6 is 11.8 Å². The van der Waals surface area contributed by atoms with Crippen LogP contribution in [0.25, 0.3) is 0 Å². The second-order valence-corrected chi connectivity index (χ2v) is 7.68. The Morgan fingerprint density at radius 3 is 2.14 bits per heavy atom. The standard InChI is InChI=1S/C13H25NO7S/c1-10(18)8(5-15)21-13(4,12(3,20)11(10,2)19)22-6-7(14)9(16)17/h7-8,15,18-20H,5-6,14H2,1-4H3,(H,16,17). The fourth-order valence-corrected chi connectivity index (χ4v) is 3.76. The highest BCUT2D eigenvalue weighted by molar-refractivity contribution is 8.00. The molecule has 1 saturated heterocycles. The van der Waals surface area contributed by atoms with Crippen LogP contribution in [0.15, 0.2) is 0 Å². The van der Waals surface area contributed by atoms with Crippen molar-refractivity contribution >= 4 is 17.7 Å². The van der Waals surface area contributed by atoms with E-state index in [0.29, 0.717) is 0 Å². The van der Waals surface area contributed by atoms with Gasteiger partial charge in [-0.2, -0.15) is 0 Å². The van der Waals surface area contributed by atoms with E-state index in [-0.39, 0.29) is 5.75 Å². The number of nitrogens with two attached hydrogens (primary N) is 1. The summed E-state index contributed by atoms with van der Waals surface area (Å²) >= 11 is 0.905. The van der Waals surface area contributed by atoms with Crippen LogP contribution < -0.4 is 5.73 Å². The molecular formula is C13H25NO7S. The molecule has 0 spiro atoms. The number of ether oxygens (including phenoxy) is 1. The summed E-state index contributed by atoms with van der Waals surface area (Å²) in [6, 6.07) is -1.18. The smallest absolute Gasteiger partial charge is 0.321 e. The fraction of sp³-hybridized carbons (Fsp3) is 0.923. The third-order valence-electron chi connectivity index (χ3n) is 4.83. The summed E-state index contributed by atoms with van der Waals surface area (Å²) in [7, 11) is 0. The molecule has 6 unspecified atom stereocenters. The second-order valence-electron chi connectivity index (χ2n) is 6.28. The van der Waals surface area contributed by atoms with E-state index in [0.717, 1.165) is 11.8 Å². The summed E-state index contributed by atoms with van der Waals surface area (Å²) in [6.45, 7) is 4.66. The van der Waals surface area contributed by atoms with E-state index >= 15 is 0 Å². The van der Waals surface area contributed by atoms with Crippen LogP contribution in [0.4, 0.5) is 0 Å². The van der Waals surface area contributed by atoms with Gasteiger partial charge in [-0.1, -0.05) is 0 Å². The summed E-state index contributed by atoms with van der Waals surface area (Å²) < 4.78 is 5.62. The van der Waals surface area contributed by atoms with Gasteiger partial charge >= 0.3 is 5.97 Å². The number of thioether (sulfide) groups is 1. The summed E-state index contributed by atoms with van der Waals surface area (Å²) in [4.78, 5) is 9.33. The van der Waals surface area contributed by atoms with E-state index in [1.54, 1.807) is 0 Å². The Labute approximate surface area is 133 Å². The molecule has 0 bridgehead atoms. The first-order chi connectivity index (χ1) is 9.74. The van der Waals surface area contributed by atoms with Crippen LogP contribution in [0.3, 0.4) is 0 Å². The highest BCUT2D eigenvalue weighted by Crippen LogP contribution is 2.53. The Bertz CT molecular complexity index is 440. The van der Waals surface area contributed by atoms with Gasteiger partial charge in [-0.15, -0.1) is 11.8 Å². The predicted molar refractivity (Wildman–Crippen MR) is 80.3 cm³/mol. The van der Waals surface area contributed by atoms with Crippen molar-refractivity contribution in [2.45, 2.75) is 61.6 Å². The number of rotatable bonds is 5. The maximum absolute atomic E-state index is 10.8. The molecule has 22 heavy (non-hydrogen) atoms. The molecule has 0 aromatic heterocycles. The van der Waals surface area contributed by atoms with Crippen molar-refractivity contribution in [2.75, 3.05) is 12.4 Å². The van der Waals surface area contributed by atoms with E-state index in [2.05, 4.69) is 0 Å². The van der Waals surface area contributed by atoms with Crippen molar-refractivity contribution in [3.05, 3.63) is 0 Å². The third kappa shape index (κ3) is 2.75. The van der Waals surface area contributed by atoms with Crippen LogP contribution in [0.5, 0.6) is 0 Å². The highest BCUT2D eigenvalue weighted by Gasteiger charge is 2.70. The van der Waals surface area contributed by atoms with Crippen LogP contribution in [0, 0.1) is 0 Å². The average molecular weight is 339 g/mol. The first kappa shape index (κ1) is 19.6. The molecule has 1 rings (SSSR count). The van der Waals surface area contributed by atoms with Crippen molar-refractivity contribution in [2.24, 2.45) is 5.73 Å². The number of carboxylic acid groups (broad SMARTS) is 1. The minimum atomic E-state index is -2.03. The third-order valence-corrected chi connectivity index (χ3v) is 6.40. The SMILES string of the molecule is CC1(SCC(N)C(=O)O)OC(CO)C(C)(O)C(C)(O)C1(C)O. The van der Waals surface area contributed by atoms with Gasteiger partial charge in [0.25, 0.3) is 0 Å². The van der Waals surface area contributed by atoms with Gasteiger partial charge in [0, 0.05) is 5.75 Å². The van der Waals surface area contributed by atoms with E-state index in [9.17, 15) is 25.2 Å². The number of aliphatic carboxylic acids is 1. The topological polar surface area (TPSA) is 153 Å². The second kappa shape index (κ2) is 5.90. The number of aliphatic hydroxyl groups is 4. The first-order valence-corrected chi connectivity index (χ1v) is 7.81. The van der Waals surface area contributed by atoms with Gasteiger partial charge in [0.1, 0.15) is 33.9 Å². The Morgan fingerprint density at radius 2 is 1.73 bits per heavy atom. The minimum Gasteiger partial charge on any atom is -0.480 e. The summed E-state index contributed by atoms with van der Waals surface area (Å²) in [5, 5.41) is 50.2. The van der Waals surface area contributed by atoms with Crippen LogP contribution in [0.2, 0.25) is 0 Å². The molecule has 1 aliphatic heterocycles. The first-order valence-electron chi connectivity index (χ1n) is 6.82. The van der Waals surface area contributed by atoms with Gasteiger partial charge < -0.3 is 36.0 Å². The quantitative estimate of drug-likeness (QED) is 0.351. The molecule has 8 nitrogen and oxygen atoms in total. The number of carbonyl (C=O) groups is 1. The van der Waals surface area contributed by atoms with Crippen molar-refractivity contribution in [1.29, 1.82) is 0 Å². The minimum absolute atomic E-state index is 0.0850. The Balaban J connectivity index is 3.16. The zero-order valence-corrected chi connectivity index (χ0v) is 13.9. The molecule has 0 aromatic rings. The monoisotopic (exact) mass is 339 g/mol. The van der Waals surface area contributed by atoms with Gasteiger partial charge in [0.05, 0.1) is 6.61 Å². The zero-order valence-electron chi connectivity index (χ0n) is 13.1. The lowest BCUT2D eigenvalue weighted by Gasteiger charge is -2.61. The largest absolute Gasteiger partial charge is 0.480 e. The Hall–Kier alpha value is -0.420. The molecule has 1 fully saturated rings. The average Bonchev–Trinajstić information content (AvgIpc) is 2.39. The molecule has 0 saturated carbocycles. The lowest BCUT2D eigenvalue weighted by molar-refractivity contribution is -0.349. The van der Waals surface area contributed by atoms with Gasteiger partial charge in [-0.25, -0.2) is 0 Å². The molecule has 6 atom stereocenters. The molecule has 130 valence electrons. The number of aliphatic hydroxyl groups excluding tert-OH is 1. The lowest BCUT2D eigenvalue weighted by atomic mass is 9.66. The van der Waals surface area contributed by atoms with Crippen LogP contribution in [-0.2, 0) is 9.53 Å². The van der Waals surface area contributed by atoms with Crippen LogP contribution in [-0.4, -0.2) is 77.7 Å². The van der Waals surface area contributed by atoms with Gasteiger partial charge in [0.15, 0.2) is 0 Å². The molecular weight excluding hydrogens is 314 g/mol. The van der Waals surface area contributed by atoms with Crippen molar-refractivity contribution in [1.82, 2.24) is 0 Å². The molecule has 0 radical (unpaired) electrons. The van der Waals surface area contributed by atoms with Gasteiger partial charge in [-0.3, -0.25) is 4.79 Å². The summed E-state index contributed by atoms with van der Waals surface area (Å²) in [5.74, 6) is -1.29. The molecule has 1 aliphatic rings. The van der Waals surface area contributed by atoms with Crippen molar-refractivity contribution in [3.63, 3.8) is 0 Å². The highest BCUT2D eigenvalue weighted by atomic mass is 32.2. The van der Waals surface area contributed by atoms with E-state index in [1.807, 2.05) is 0 Å². The van der Waals surface area contributed by atoms with Gasteiger partial charge in [0.2, 0.25) is 0 Å². The fourth-order valence-electron chi connectivity index (χ4n) is 2.46. The number of hydrogen-bond donors (Lipinski definition) is 6. The number of carboxylic acids is 1. The van der Waals surface area contributed by atoms with Gasteiger partial charge in [-0.05, 0) is 27.7 Å². The molecule has 0 amide bonds. The van der Waals surface area contributed by atoms with E-state index in [1.165, 1.54) is 27.7 Å². The Morgan fingerprint density at radius 1 is 1.23 bits per heavy atom. The van der Waals surface area contributed by atoms with Crippen LogP contribution in [0.1, 0.15) is 27.7 Å². The normalized spacial score (nSPS) is 47.2. The maximum atomic E-state index is 10.8. The summed E-state index contributed by atoms with van der Waals surface area (Å²) in [5.41, 5.74) is -0.440.